The Hall–Kier alpha value is -3.73. The van der Waals surface area contributed by atoms with Crippen molar-refractivity contribution in [1.82, 2.24) is 0 Å². The van der Waals surface area contributed by atoms with Crippen molar-refractivity contribution in [3.05, 3.63) is 66.0 Å². The van der Waals surface area contributed by atoms with Gasteiger partial charge in [0.05, 0.1) is 18.2 Å². The molecule has 1 aliphatic rings. The van der Waals surface area contributed by atoms with Crippen LogP contribution in [0.1, 0.15) is 18.4 Å². The standard InChI is InChI=1S/C21H18FN3O4/c22-16-7-4-6-15(12-16)18-13-19(29-24-18)21(27)28-14-20(26)25(11-5-10-23)17-8-2-1-3-9-17/h1-4,6-9,12,19H,5,11,13-14H2. The van der Waals surface area contributed by atoms with Crippen LogP contribution < -0.4 is 4.90 Å². The lowest BCUT2D eigenvalue weighted by atomic mass is 10.1. The lowest BCUT2D eigenvalue weighted by molar-refractivity contribution is -0.158. The summed E-state index contributed by atoms with van der Waals surface area (Å²) in [5.41, 5.74) is 1.55. The van der Waals surface area contributed by atoms with Gasteiger partial charge in [0.15, 0.2) is 6.61 Å². The third-order valence-electron chi connectivity index (χ3n) is 4.24. The summed E-state index contributed by atoms with van der Waals surface area (Å²) in [4.78, 5) is 31.2. The van der Waals surface area contributed by atoms with E-state index in [0.717, 1.165) is 0 Å². The van der Waals surface area contributed by atoms with Crippen molar-refractivity contribution in [1.29, 1.82) is 5.26 Å². The zero-order valence-electron chi connectivity index (χ0n) is 15.5. The number of carbonyl (C=O) groups is 2. The number of hydrogen-bond acceptors (Lipinski definition) is 6. The first-order valence-electron chi connectivity index (χ1n) is 8.96. The molecule has 0 spiro atoms. The van der Waals surface area contributed by atoms with Crippen molar-refractivity contribution < 1.29 is 23.6 Å². The summed E-state index contributed by atoms with van der Waals surface area (Å²) >= 11 is 0. The van der Waals surface area contributed by atoms with E-state index in [9.17, 15) is 14.0 Å². The van der Waals surface area contributed by atoms with Crippen molar-refractivity contribution in [2.75, 3.05) is 18.1 Å². The molecule has 0 radical (unpaired) electrons. The Balaban J connectivity index is 1.56. The largest absolute Gasteiger partial charge is 0.453 e. The van der Waals surface area contributed by atoms with Crippen LogP contribution in [0.3, 0.4) is 0 Å². The molecular weight excluding hydrogens is 377 g/mol. The first-order chi connectivity index (χ1) is 14.1. The van der Waals surface area contributed by atoms with Crippen LogP contribution in [0.4, 0.5) is 10.1 Å². The Labute approximate surface area is 166 Å². The van der Waals surface area contributed by atoms with Gasteiger partial charge in [-0.05, 0) is 24.3 Å². The second kappa shape index (κ2) is 9.46. The van der Waals surface area contributed by atoms with Gasteiger partial charge >= 0.3 is 5.97 Å². The lowest BCUT2D eigenvalue weighted by Gasteiger charge is -2.21. The molecule has 0 aromatic heterocycles. The van der Waals surface area contributed by atoms with Gasteiger partial charge in [0.25, 0.3) is 5.91 Å². The second-order valence-electron chi connectivity index (χ2n) is 6.24. The molecule has 1 amide bonds. The van der Waals surface area contributed by atoms with Gasteiger partial charge in [-0.25, -0.2) is 9.18 Å². The summed E-state index contributed by atoms with van der Waals surface area (Å²) in [6.07, 6.45) is -0.733. The number of halogens is 1. The maximum Gasteiger partial charge on any atom is 0.351 e. The molecule has 148 valence electrons. The molecule has 0 N–H and O–H groups in total. The second-order valence-corrected chi connectivity index (χ2v) is 6.24. The number of benzene rings is 2. The normalized spacial score (nSPS) is 15.0. The minimum Gasteiger partial charge on any atom is -0.453 e. The average molecular weight is 395 g/mol. The summed E-state index contributed by atoms with van der Waals surface area (Å²) in [6, 6.07) is 16.6. The van der Waals surface area contributed by atoms with Crippen LogP contribution in [0.25, 0.3) is 0 Å². The van der Waals surface area contributed by atoms with Crippen LogP contribution in [0.2, 0.25) is 0 Å². The van der Waals surface area contributed by atoms with E-state index in [1.54, 1.807) is 30.3 Å². The van der Waals surface area contributed by atoms with Gasteiger partial charge in [0.2, 0.25) is 6.10 Å². The molecular formula is C21H18FN3O4. The summed E-state index contributed by atoms with van der Waals surface area (Å²) < 4.78 is 18.4. The highest BCUT2D eigenvalue weighted by Gasteiger charge is 2.31. The number of para-hydroxylation sites is 1. The van der Waals surface area contributed by atoms with Gasteiger partial charge in [-0.3, -0.25) is 4.79 Å². The molecule has 2 aromatic rings. The number of hydrogen-bond donors (Lipinski definition) is 0. The third kappa shape index (κ3) is 5.17. The quantitative estimate of drug-likeness (QED) is 0.672. The minimum absolute atomic E-state index is 0.118. The van der Waals surface area contributed by atoms with E-state index in [2.05, 4.69) is 5.16 Å². The fourth-order valence-electron chi connectivity index (χ4n) is 2.81. The van der Waals surface area contributed by atoms with E-state index in [1.807, 2.05) is 12.1 Å². The fraction of sp³-hybridized carbons (Fsp3) is 0.238. The summed E-state index contributed by atoms with van der Waals surface area (Å²) in [5.74, 6) is -1.61. The Morgan fingerprint density at radius 1 is 1.24 bits per heavy atom. The zero-order valence-corrected chi connectivity index (χ0v) is 15.5. The van der Waals surface area contributed by atoms with E-state index < -0.39 is 30.4 Å². The number of rotatable bonds is 7. The number of esters is 1. The Kier molecular flexibility index (Phi) is 6.53. The molecule has 0 bridgehead atoms. The van der Waals surface area contributed by atoms with E-state index in [4.69, 9.17) is 14.8 Å². The Morgan fingerprint density at radius 3 is 2.76 bits per heavy atom. The molecule has 2 aromatic carbocycles. The molecule has 0 saturated carbocycles. The molecule has 0 fully saturated rings. The van der Waals surface area contributed by atoms with Crippen LogP contribution in [0, 0.1) is 17.1 Å². The SMILES string of the molecule is N#CCCN(C(=O)COC(=O)C1CC(c2cccc(F)c2)=NO1)c1ccccc1. The number of anilines is 1. The molecule has 1 aliphatic heterocycles. The number of carbonyl (C=O) groups excluding carboxylic acids is 2. The van der Waals surface area contributed by atoms with Crippen LogP contribution in [0.5, 0.6) is 0 Å². The number of amides is 1. The molecule has 3 rings (SSSR count). The van der Waals surface area contributed by atoms with Crippen LogP contribution >= 0.6 is 0 Å². The van der Waals surface area contributed by atoms with Crippen molar-refractivity contribution in [3.63, 3.8) is 0 Å². The summed E-state index contributed by atoms with van der Waals surface area (Å²) in [5, 5.41) is 12.6. The van der Waals surface area contributed by atoms with E-state index in [-0.39, 0.29) is 19.4 Å². The molecule has 29 heavy (non-hydrogen) atoms. The third-order valence-corrected chi connectivity index (χ3v) is 4.24. The maximum absolute atomic E-state index is 13.3. The van der Waals surface area contributed by atoms with Gasteiger partial charge in [0.1, 0.15) is 5.82 Å². The Bertz CT molecular complexity index is 956. The van der Waals surface area contributed by atoms with Crippen molar-refractivity contribution >= 4 is 23.3 Å². The highest BCUT2D eigenvalue weighted by atomic mass is 19.1. The monoisotopic (exact) mass is 395 g/mol. The molecule has 7 nitrogen and oxygen atoms in total. The molecule has 0 aliphatic carbocycles. The topological polar surface area (TPSA) is 92.0 Å². The Morgan fingerprint density at radius 2 is 2.03 bits per heavy atom. The number of oxime groups is 1. The van der Waals surface area contributed by atoms with E-state index in [1.165, 1.54) is 23.1 Å². The van der Waals surface area contributed by atoms with Gasteiger partial charge < -0.3 is 14.5 Å². The molecule has 1 unspecified atom stereocenters. The highest BCUT2D eigenvalue weighted by molar-refractivity contribution is 6.03. The first kappa shape index (κ1) is 20.0. The zero-order chi connectivity index (χ0) is 20.6. The van der Waals surface area contributed by atoms with Crippen LogP contribution in [0.15, 0.2) is 59.8 Å². The smallest absolute Gasteiger partial charge is 0.351 e. The van der Waals surface area contributed by atoms with Crippen molar-refractivity contribution in [2.24, 2.45) is 5.16 Å². The van der Waals surface area contributed by atoms with Gasteiger partial charge in [-0.15, -0.1) is 0 Å². The first-order valence-corrected chi connectivity index (χ1v) is 8.96. The van der Waals surface area contributed by atoms with Crippen LogP contribution in [-0.4, -0.2) is 36.8 Å². The summed E-state index contributed by atoms with van der Waals surface area (Å²) in [6.45, 7) is -0.308. The molecule has 1 heterocycles. The van der Waals surface area contributed by atoms with Crippen molar-refractivity contribution in [3.8, 4) is 6.07 Å². The summed E-state index contributed by atoms with van der Waals surface area (Å²) in [7, 11) is 0. The lowest BCUT2D eigenvalue weighted by Crippen LogP contribution is -2.36. The van der Waals surface area contributed by atoms with Gasteiger partial charge in [0, 0.05) is 24.2 Å². The number of nitriles is 1. The average Bonchev–Trinajstić information content (AvgIpc) is 3.23. The highest BCUT2D eigenvalue weighted by Crippen LogP contribution is 2.19. The fourth-order valence-corrected chi connectivity index (χ4v) is 2.81. The van der Waals surface area contributed by atoms with Crippen molar-refractivity contribution in [2.45, 2.75) is 18.9 Å². The number of nitrogens with zero attached hydrogens (tertiary/aromatic N) is 3. The minimum atomic E-state index is -0.995. The molecule has 8 heteroatoms. The van der Waals surface area contributed by atoms with E-state index in [0.29, 0.717) is 17.0 Å². The van der Waals surface area contributed by atoms with Crippen LogP contribution in [-0.2, 0) is 19.2 Å². The predicted molar refractivity (Wildman–Crippen MR) is 102 cm³/mol. The maximum atomic E-state index is 13.3. The number of ether oxygens (including phenoxy) is 1. The predicted octanol–water partition coefficient (Wildman–Crippen LogP) is 2.81. The van der Waals surface area contributed by atoms with Gasteiger partial charge in [-0.1, -0.05) is 35.5 Å². The van der Waals surface area contributed by atoms with E-state index >= 15 is 0 Å². The molecule has 0 saturated heterocycles. The molecule has 1 atom stereocenters. The van der Waals surface area contributed by atoms with Gasteiger partial charge in [-0.2, -0.15) is 5.26 Å².